The number of nitrogens with one attached hydrogen (secondary N) is 1. The second-order valence-corrected chi connectivity index (χ2v) is 7.46. The maximum Gasteiger partial charge on any atom is 0.405 e. The molecule has 0 saturated carbocycles. The molecule has 1 aromatic heterocycles. The highest BCUT2D eigenvalue weighted by Gasteiger charge is 2.27. The maximum atomic E-state index is 12.2. The van der Waals surface area contributed by atoms with Crippen LogP contribution in [0.1, 0.15) is 26.1 Å². The van der Waals surface area contributed by atoms with E-state index in [9.17, 15) is 18.0 Å². The van der Waals surface area contributed by atoms with Crippen molar-refractivity contribution in [1.29, 1.82) is 0 Å². The van der Waals surface area contributed by atoms with E-state index in [0.717, 1.165) is 18.2 Å². The molecular weight excluding hydrogens is 393 g/mol. The molecule has 0 saturated heterocycles. The van der Waals surface area contributed by atoms with Gasteiger partial charge >= 0.3 is 6.18 Å². The van der Waals surface area contributed by atoms with Crippen LogP contribution in [0, 0.1) is 5.92 Å². The molecule has 0 radical (unpaired) electrons. The number of rotatable bonds is 10. The zero-order valence-corrected chi connectivity index (χ0v) is 16.5. The number of thioether (sulfide) groups is 1. The normalized spacial score (nSPS) is 11.6. The van der Waals surface area contributed by atoms with Crippen LogP contribution in [0.3, 0.4) is 0 Å². The summed E-state index contributed by atoms with van der Waals surface area (Å²) in [5.74, 6) is 0.862. The van der Waals surface area contributed by atoms with Crippen LogP contribution in [0.5, 0.6) is 5.75 Å². The molecule has 1 N–H and O–H groups in total. The third-order valence-corrected chi connectivity index (χ3v) is 4.62. The Morgan fingerprint density at radius 2 is 1.96 bits per heavy atom. The SMILES string of the molecule is CC(C)CCn1c(COc2ccccc2)nnc1SCC(=O)NCC(F)(F)F. The zero-order valence-electron chi connectivity index (χ0n) is 15.7. The smallest absolute Gasteiger partial charge is 0.405 e. The van der Waals surface area contributed by atoms with E-state index in [-0.39, 0.29) is 12.4 Å². The first-order valence-corrected chi connectivity index (χ1v) is 9.79. The molecule has 0 aliphatic heterocycles. The van der Waals surface area contributed by atoms with E-state index >= 15 is 0 Å². The lowest BCUT2D eigenvalue weighted by Gasteiger charge is -2.12. The molecule has 0 unspecified atom stereocenters. The van der Waals surface area contributed by atoms with Crippen LogP contribution in [0.15, 0.2) is 35.5 Å². The standard InChI is InChI=1S/C18H23F3N4O2S/c1-13(2)8-9-25-15(10-27-14-6-4-3-5-7-14)23-24-17(25)28-11-16(26)22-12-18(19,20)21/h3-7,13H,8-12H2,1-2H3,(H,22,26). The number of hydrogen-bond donors (Lipinski definition) is 1. The largest absolute Gasteiger partial charge is 0.486 e. The van der Waals surface area contributed by atoms with E-state index in [4.69, 9.17) is 4.74 Å². The van der Waals surface area contributed by atoms with Crippen LogP contribution in [0.4, 0.5) is 13.2 Å². The summed E-state index contributed by atoms with van der Waals surface area (Å²) in [4.78, 5) is 11.6. The van der Waals surface area contributed by atoms with E-state index in [1.165, 1.54) is 0 Å². The van der Waals surface area contributed by atoms with Crippen LogP contribution in [-0.4, -0.2) is 39.1 Å². The van der Waals surface area contributed by atoms with Crippen molar-refractivity contribution < 1.29 is 22.7 Å². The molecule has 0 spiro atoms. The van der Waals surface area contributed by atoms with Crippen molar-refractivity contribution >= 4 is 17.7 Å². The third kappa shape index (κ3) is 7.79. The van der Waals surface area contributed by atoms with E-state index in [2.05, 4.69) is 24.0 Å². The van der Waals surface area contributed by atoms with Crippen LogP contribution >= 0.6 is 11.8 Å². The van der Waals surface area contributed by atoms with E-state index in [0.29, 0.717) is 29.2 Å². The lowest BCUT2D eigenvalue weighted by atomic mass is 10.1. The monoisotopic (exact) mass is 416 g/mol. The zero-order chi connectivity index (χ0) is 20.6. The highest BCUT2D eigenvalue weighted by atomic mass is 32.2. The molecule has 10 heteroatoms. The summed E-state index contributed by atoms with van der Waals surface area (Å²) in [6.07, 6.45) is -3.57. The summed E-state index contributed by atoms with van der Waals surface area (Å²) >= 11 is 1.05. The van der Waals surface area contributed by atoms with Crippen molar-refractivity contribution in [2.45, 2.75) is 44.8 Å². The summed E-state index contributed by atoms with van der Waals surface area (Å²) in [6.45, 7) is 3.66. The van der Waals surface area contributed by atoms with Gasteiger partial charge in [-0.2, -0.15) is 13.2 Å². The lowest BCUT2D eigenvalue weighted by Crippen LogP contribution is -2.34. The van der Waals surface area contributed by atoms with Crippen molar-refractivity contribution in [3.63, 3.8) is 0 Å². The van der Waals surface area contributed by atoms with Gasteiger partial charge in [-0.15, -0.1) is 10.2 Å². The van der Waals surface area contributed by atoms with E-state index < -0.39 is 18.6 Å². The van der Waals surface area contributed by atoms with E-state index in [1.807, 2.05) is 40.2 Å². The molecule has 2 rings (SSSR count). The highest BCUT2D eigenvalue weighted by Crippen LogP contribution is 2.20. The first kappa shape index (κ1) is 22.1. The lowest BCUT2D eigenvalue weighted by molar-refractivity contribution is -0.136. The van der Waals surface area contributed by atoms with Crippen LogP contribution in [0.25, 0.3) is 0 Å². The summed E-state index contributed by atoms with van der Waals surface area (Å²) in [5.41, 5.74) is 0. The van der Waals surface area contributed by atoms with Crippen molar-refractivity contribution in [2.75, 3.05) is 12.3 Å². The highest BCUT2D eigenvalue weighted by molar-refractivity contribution is 7.99. The van der Waals surface area contributed by atoms with Gasteiger partial charge in [-0.1, -0.05) is 43.8 Å². The van der Waals surface area contributed by atoms with Crippen molar-refractivity contribution in [3.8, 4) is 5.75 Å². The minimum atomic E-state index is -4.43. The second kappa shape index (κ2) is 10.4. The van der Waals surface area contributed by atoms with Gasteiger partial charge in [0, 0.05) is 6.54 Å². The third-order valence-electron chi connectivity index (χ3n) is 3.65. The molecule has 0 fully saturated rings. The van der Waals surface area contributed by atoms with Gasteiger partial charge in [0.1, 0.15) is 18.9 Å². The average Bonchev–Trinajstić information content (AvgIpc) is 3.03. The number of hydrogen-bond acceptors (Lipinski definition) is 5. The van der Waals surface area contributed by atoms with Crippen molar-refractivity contribution in [3.05, 3.63) is 36.2 Å². The van der Waals surface area contributed by atoms with Crippen molar-refractivity contribution in [1.82, 2.24) is 20.1 Å². The molecule has 1 heterocycles. The average molecular weight is 416 g/mol. The van der Waals surface area contributed by atoms with Gasteiger partial charge < -0.3 is 14.6 Å². The molecular formula is C18H23F3N4O2S. The number of halogens is 3. The van der Waals surface area contributed by atoms with Crippen LogP contribution < -0.4 is 10.1 Å². The number of benzene rings is 1. The van der Waals surface area contributed by atoms with Gasteiger partial charge in [0.2, 0.25) is 5.91 Å². The predicted octanol–water partition coefficient (Wildman–Crippen LogP) is 3.67. The molecule has 1 amide bonds. The number of carbonyl (C=O) groups excluding carboxylic acids is 1. The fourth-order valence-corrected chi connectivity index (χ4v) is 3.00. The Labute approximate surface area is 165 Å². The number of aromatic nitrogens is 3. The Hall–Kier alpha value is -2.23. The van der Waals surface area contributed by atoms with Crippen LogP contribution in [-0.2, 0) is 17.9 Å². The first-order valence-electron chi connectivity index (χ1n) is 8.81. The predicted molar refractivity (Wildman–Crippen MR) is 100 cm³/mol. The minimum absolute atomic E-state index is 0.171. The number of para-hydroxylation sites is 1. The Morgan fingerprint density at radius 3 is 2.61 bits per heavy atom. The molecule has 0 atom stereocenters. The van der Waals surface area contributed by atoms with E-state index in [1.54, 1.807) is 0 Å². The summed E-state index contributed by atoms with van der Waals surface area (Å²) < 4.78 is 44.1. The fourth-order valence-electron chi connectivity index (χ4n) is 2.19. The van der Waals surface area contributed by atoms with Crippen LogP contribution in [0.2, 0.25) is 0 Å². The number of carbonyl (C=O) groups is 1. The molecule has 2 aromatic rings. The van der Waals surface area contributed by atoms with Gasteiger partial charge in [-0.25, -0.2) is 0 Å². The second-order valence-electron chi connectivity index (χ2n) is 6.52. The maximum absolute atomic E-state index is 12.2. The Balaban J connectivity index is 1.99. The number of alkyl halides is 3. The molecule has 154 valence electrons. The molecule has 6 nitrogen and oxygen atoms in total. The first-order chi connectivity index (χ1) is 13.2. The molecule has 28 heavy (non-hydrogen) atoms. The van der Waals surface area contributed by atoms with Crippen molar-refractivity contribution in [2.24, 2.45) is 5.92 Å². The summed E-state index contributed by atoms with van der Waals surface area (Å²) in [6, 6.07) is 9.26. The molecule has 1 aromatic carbocycles. The fraction of sp³-hybridized carbons (Fsp3) is 0.500. The van der Waals surface area contributed by atoms with Gasteiger partial charge in [0.05, 0.1) is 5.75 Å². The summed E-state index contributed by atoms with van der Waals surface area (Å²) in [7, 11) is 0. The van der Waals surface area contributed by atoms with Gasteiger partial charge in [-0.05, 0) is 24.5 Å². The van der Waals surface area contributed by atoms with Gasteiger partial charge in [-0.3, -0.25) is 4.79 Å². The van der Waals surface area contributed by atoms with Gasteiger partial charge in [0.15, 0.2) is 11.0 Å². The Bertz CT molecular complexity index is 751. The molecule has 0 aliphatic rings. The number of ether oxygens (including phenoxy) is 1. The molecule has 0 aliphatic carbocycles. The number of nitrogens with zero attached hydrogens (tertiary/aromatic N) is 3. The topological polar surface area (TPSA) is 69.0 Å². The quantitative estimate of drug-likeness (QED) is 0.599. The number of amides is 1. The Morgan fingerprint density at radius 1 is 1.25 bits per heavy atom. The Kier molecular flexibility index (Phi) is 8.16. The molecule has 0 bridgehead atoms. The minimum Gasteiger partial charge on any atom is -0.486 e. The summed E-state index contributed by atoms with van der Waals surface area (Å²) in [5, 5.41) is 10.5. The van der Waals surface area contributed by atoms with Gasteiger partial charge in [0.25, 0.3) is 0 Å².